The van der Waals surface area contributed by atoms with E-state index in [-0.39, 0.29) is 5.69 Å². The molecule has 0 saturated heterocycles. The van der Waals surface area contributed by atoms with Crippen LogP contribution in [0.1, 0.15) is 11.4 Å². The van der Waals surface area contributed by atoms with E-state index in [0.717, 1.165) is 0 Å². The minimum atomic E-state index is 0.278. The van der Waals surface area contributed by atoms with Crippen molar-refractivity contribution in [1.29, 1.82) is 5.26 Å². The maximum atomic E-state index is 8.64. The molecule has 0 aromatic carbocycles. The van der Waals surface area contributed by atoms with Crippen LogP contribution in [-0.4, -0.2) is 12.1 Å². The second kappa shape index (κ2) is 3.69. The van der Waals surface area contributed by atoms with Crippen molar-refractivity contribution >= 4 is 0 Å². The van der Waals surface area contributed by atoms with E-state index in [1.54, 1.807) is 12.1 Å². The number of methoxy groups -OCH3 is 1. The Morgan fingerprint density at radius 1 is 1.67 bits per heavy atom. The number of ether oxygens (including phenoxy) is 1. The lowest BCUT2D eigenvalue weighted by molar-refractivity contribution is 0.411. The molecule has 0 spiro atoms. The molecule has 0 fully saturated rings. The van der Waals surface area contributed by atoms with E-state index in [9.17, 15) is 0 Å². The molecule has 0 aliphatic rings. The summed E-state index contributed by atoms with van der Waals surface area (Å²) in [5, 5.41) is 8.64. The molecule has 0 unspecified atom stereocenters. The summed E-state index contributed by atoms with van der Waals surface area (Å²) in [5.74, 6) is 0.481. The first kappa shape index (κ1) is 8.50. The van der Waals surface area contributed by atoms with Crippen molar-refractivity contribution in [2.24, 2.45) is 5.73 Å². The fourth-order valence-corrected chi connectivity index (χ4v) is 0.845. The van der Waals surface area contributed by atoms with E-state index < -0.39 is 0 Å². The van der Waals surface area contributed by atoms with Gasteiger partial charge in [0.1, 0.15) is 6.07 Å². The number of hydrogen-bond donors (Lipinski definition) is 1. The summed E-state index contributed by atoms with van der Waals surface area (Å²) in [4.78, 5) is 3.97. The van der Waals surface area contributed by atoms with E-state index in [1.807, 2.05) is 6.07 Å². The summed E-state index contributed by atoms with van der Waals surface area (Å²) in [6.45, 7) is 0.332. The second-order valence-corrected chi connectivity index (χ2v) is 2.17. The van der Waals surface area contributed by atoms with Gasteiger partial charge in [-0.2, -0.15) is 5.26 Å². The van der Waals surface area contributed by atoms with E-state index >= 15 is 0 Å². The molecule has 1 heterocycles. The lowest BCUT2D eigenvalue weighted by Gasteiger charge is -2.02. The summed E-state index contributed by atoms with van der Waals surface area (Å²) in [7, 11) is 1.50. The molecule has 12 heavy (non-hydrogen) atoms. The number of nitriles is 1. The quantitative estimate of drug-likeness (QED) is 0.685. The molecule has 0 saturated carbocycles. The SMILES string of the molecule is COc1ccc(CN)nc1C#N. The van der Waals surface area contributed by atoms with Crippen LogP contribution in [0.3, 0.4) is 0 Å². The molecule has 4 heteroatoms. The molecule has 1 aromatic rings. The van der Waals surface area contributed by atoms with Crippen molar-refractivity contribution in [2.75, 3.05) is 7.11 Å². The van der Waals surface area contributed by atoms with E-state index in [2.05, 4.69) is 4.98 Å². The van der Waals surface area contributed by atoms with Gasteiger partial charge in [0.2, 0.25) is 0 Å². The van der Waals surface area contributed by atoms with Gasteiger partial charge in [-0.15, -0.1) is 0 Å². The Hall–Kier alpha value is -1.60. The largest absolute Gasteiger partial charge is 0.494 e. The van der Waals surface area contributed by atoms with Gasteiger partial charge in [0.05, 0.1) is 12.8 Å². The average molecular weight is 163 g/mol. The Bertz CT molecular complexity index is 317. The van der Waals surface area contributed by atoms with E-state index in [4.69, 9.17) is 15.7 Å². The van der Waals surface area contributed by atoms with Crippen molar-refractivity contribution < 1.29 is 4.74 Å². The Morgan fingerprint density at radius 3 is 2.92 bits per heavy atom. The summed E-state index contributed by atoms with van der Waals surface area (Å²) in [6, 6.07) is 5.35. The number of pyridine rings is 1. The third-order valence-electron chi connectivity index (χ3n) is 1.45. The fraction of sp³-hybridized carbons (Fsp3) is 0.250. The van der Waals surface area contributed by atoms with Crippen LogP contribution >= 0.6 is 0 Å². The Kier molecular flexibility index (Phi) is 2.62. The van der Waals surface area contributed by atoms with Gasteiger partial charge in [-0.1, -0.05) is 0 Å². The van der Waals surface area contributed by atoms with Crippen molar-refractivity contribution in [2.45, 2.75) is 6.54 Å². The van der Waals surface area contributed by atoms with Crippen LogP contribution in [0.15, 0.2) is 12.1 Å². The molecule has 0 aliphatic carbocycles. The third-order valence-corrected chi connectivity index (χ3v) is 1.45. The molecule has 4 nitrogen and oxygen atoms in total. The van der Waals surface area contributed by atoms with Gasteiger partial charge in [-0.3, -0.25) is 0 Å². The molecular formula is C8H9N3O. The Morgan fingerprint density at radius 2 is 2.42 bits per heavy atom. The van der Waals surface area contributed by atoms with Crippen molar-refractivity contribution in [3.05, 3.63) is 23.5 Å². The highest BCUT2D eigenvalue weighted by molar-refractivity contribution is 5.37. The molecule has 0 bridgehead atoms. The Balaban J connectivity index is 3.13. The van der Waals surface area contributed by atoms with Crippen LogP contribution in [0, 0.1) is 11.3 Å². The van der Waals surface area contributed by atoms with Crippen molar-refractivity contribution in [3.63, 3.8) is 0 Å². The lowest BCUT2D eigenvalue weighted by atomic mass is 10.3. The molecule has 0 radical (unpaired) electrons. The first-order valence-electron chi connectivity index (χ1n) is 3.46. The molecule has 1 rings (SSSR count). The highest BCUT2D eigenvalue weighted by Crippen LogP contribution is 2.14. The minimum Gasteiger partial charge on any atom is -0.494 e. The summed E-state index contributed by atoms with van der Waals surface area (Å²) >= 11 is 0. The van der Waals surface area contributed by atoms with Crippen LogP contribution in [0.5, 0.6) is 5.75 Å². The monoisotopic (exact) mass is 163 g/mol. The molecule has 0 atom stereocenters. The first-order chi connectivity index (χ1) is 5.81. The van der Waals surface area contributed by atoms with Crippen LogP contribution in [0.25, 0.3) is 0 Å². The molecule has 0 aliphatic heterocycles. The molecule has 1 aromatic heterocycles. The number of nitrogens with two attached hydrogens (primary N) is 1. The van der Waals surface area contributed by atoms with E-state index in [0.29, 0.717) is 18.0 Å². The van der Waals surface area contributed by atoms with Gasteiger partial charge in [0, 0.05) is 6.54 Å². The standard InChI is InChI=1S/C8H9N3O/c1-12-8-3-2-6(4-9)11-7(8)5-10/h2-3H,4,9H2,1H3. The highest BCUT2D eigenvalue weighted by atomic mass is 16.5. The van der Waals surface area contributed by atoms with Gasteiger partial charge < -0.3 is 10.5 Å². The summed E-state index contributed by atoms with van der Waals surface area (Å²) in [6.07, 6.45) is 0. The van der Waals surface area contributed by atoms with Crippen LogP contribution in [0.2, 0.25) is 0 Å². The van der Waals surface area contributed by atoms with Crippen LogP contribution < -0.4 is 10.5 Å². The zero-order valence-electron chi connectivity index (χ0n) is 6.74. The molecule has 2 N–H and O–H groups in total. The van der Waals surface area contributed by atoms with Crippen LogP contribution in [0.4, 0.5) is 0 Å². The molecular weight excluding hydrogens is 154 g/mol. The van der Waals surface area contributed by atoms with E-state index in [1.165, 1.54) is 7.11 Å². The van der Waals surface area contributed by atoms with Gasteiger partial charge in [-0.25, -0.2) is 4.98 Å². The minimum absolute atomic E-state index is 0.278. The predicted molar refractivity (Wildman–Crippen MR) is 43.4 cm³/mol. The number of nitrogens with zero attached hydrogens (tertiary/aromatic N) is 2. The highest BCUT2D eigenvalue weighted by Gasteiger charge is 2.03. The number of rotatable bonds is 2. The van der Waals surface area contributed by atoms with Gasteiger partial charge in [0.15, 0.2) is 11.4 Å². The summed E-state index contributed by atoms with van der Waals surface area (Å²) < 4.78 is 4.91. The Labute approximate surface area is 70.6 Å². The van der Waals surface area contributed by atoms with Crippen molar-refractivity contribution in [1.82, 2.24) is 4.98 Å². The number of hydrogen-bond acceptors (Lipinski definition) is 4. The lowest BCUT2D eigenvalue weighted by Crippen LogP contribution is -2.01. The molecule has 62 valence electrons. The summed E-state index contributed by atoms with van der Waals surface area (Å²) in [5.41, 5.74) is 6.32. The topological polar surface area (TPSA) is 71.9 Å². The first-order valence-corrected chi connectivity index (χ1v) is 3.46. The maximum absolute atomic E-state index is 8.64. The molecule has 0 amide bonds. The fourth-order valence-electron chi connectivity index (χ4n) is 0.845. The predicted octanol–water partition coefficient (Wildman–Crippen LogP) is 0.421. The van der Waals surface area contributed by atoms with Gasteiger partial charge in [-0.05, 0) is 12.1 Å². The third kappa shape index (κ3) is 1.52. The maximum Gasteiger partial charge on any atom is 0.182 e. The van der Waals surface area contributed by atoms with Crippen molar-refractivity contribution in [3.8, 4) is 11.8 Å². The smallest absolute Gasteiger partial charge is 0.182 e. The zero-order valence-corrected chi connectivity index (χ0v) is 6.74. The van der Waals surface area contributed by atoms with Gasteiger partial charge in [0.25, 0.3) is 0 Å². The van der Waals surface area contributed by atoms with Gasteiger partial charge >= 0.3 is 0 Å². The normalized spacial score (nSPS) is 9.08. The second-order valence-electron chi connectivity index (χ2n) is 2.17. The van der Waals surface area contributed by atoms with Crippen LogP contribution in [-0.2, 0) is 6.54 Å². The zero-order chi connectivity index (χ0) is 8.97. The average Bonchev–Trinajstić information content (AvgIpc) is 2.16. The number of aromatic nitrogens is 1.